The Kier molecular flexibility index (Phi) is 3.13. The Morgan fingerprint density at radius 2 is 1.93 bits per heavy atom. The molecule has 1 aliphatic carbocycles. The Bertz CT molecular complexity index is 181. The summed E-state index contributed by atoms with van der Waals surface area (Å²) in [6, 6.07) is 0.794. The highest BCUT2D eigenvalue weighted by atomic mass is 16.5. The van der Waals surface area contributed by atoms with Crippen molar-refractivity contribution in [2.75, 3.05) is 13.2 Å². The SMILES string of the molecule is CCC1(NC2CC(C)C2)CCOCC1. The molecule has 0 spiro atoms. The summed E-state index contributed by atoms with van der Waals surface area (Å²) in [5, 5.41) is 3.87. The fourth-order valence-corrected chi connectivity index (χ4v) is 2.82. The summed E-state index contributed by atoms with van der Waals surface area (Å²) < 4.78 is 5.44. The van der Waals surface area contributed by atoms with Gasteiger partial charge in [-0.3, -0.25) is 0 Å². The third-order valence-corrected chi connectivity index (χ3v) is 4.01. The molecule has 2 aliphatic rings. The average molecular weight is 197 g/mol. The van der Waals surface area contributed by atoms with Crippen LogP contribution in [0.4, 0.5) is 0 Å². The molecule has 1 N–H and O–H groups in total. The monoisotopic (exact) mass is 197 g/mol. The lowest BCUT2D eigenvalue weighted by atomic mass is 9.78. The second-order valence-electron chi connectivity index (χ2n) is 5.16. The van der Waals surface area contributed by atoms with Crippen LogP contribution in [0.3, 0.4) is 0 Å². The summed E-state index contributed by atoms with van der Waals surface area (Å²) in [5.41, 5.74) is 0.406. The third kappa shape index (κ3) is 2.12. The van der Waals surface area contributed by atoms with E-state index >= 15 is 0 Å². The topological polar surface area (TPSA) is 21.3 Å². The van der Waals surface area contributed by atoms with Gasteiger partial charge < -0.3 is 10.1 Å². The van der Waals surface area contributed by atoms with Gasteiger partial charge >= 0.3 is 0 Å². The van der Waals surface area contributed by atoms with Crippen LogP contribution in [0.1, 0.15) is 46.0 Å². The van der Waals surface area contributed by atoms with Crippen molar-refractivity contribution in [1.82, 2.24) is 5.32 Å². The van der Waals surface area contributed by atoms with Crippen LogP contribution in [-0.2, 0) is 4.74 Å². The van der Waals surface area contributed by atoms with Crippen molar-refractivity contribution in [3.8, 4) is 0 Å². The van der Waals surface area contributed by atoms with Crippen LogP contribution in [0.2, 0.25) is 0 Å². The van der Waals surface area contributed by atoms with Gasteiger partial charge in [-0.1, -0.05) is 13.8 Å². The van der Waals surface area contributed by atoms with Crippen molar-refractivity contribution in [3.63, 3.8) is 0 Å². The van der Waals surface area contributed by atoms with Crippen LogP contribution in [0.25, 0.3) is 0 Å². The van der Waals surface area contributed by atoms with Crippen molar-refractivity contribution >= 4 is 0 Å². The smallest absolute Gasteiger partial charge is 0.0483 e. The molecular weight excluding hydrogens is 174 g/mol. The quantitative estimate of drug-likeness (QED) is 0.750. The molecule has 1 saturated carbocycles. The molecule has 0 unspecified atom stereocenters. The van der Waals surface area contributed by atoms with E-state index in [0.29, 0.717) is 5.54 Å². The van der Waals surface area contributed by atoms with Crippen LogP contribution in [-0.4, -0.2) is 24.8 Å². The van der Waals surface area contributed by atoms with E-state index in [0.717, 1.165) is 25.2 Å². The minimum Gasteiger partial charge on any atom is -0.381 e. The molecule has 0 amide bonds. The fraction of sp³-hybridized carbons (Fsp3) is 1.00. The highest BCUT2D eigenvalue weighted by Crippen LogP contribution is 2.32. The number of rotatable bonds is 3. The molecule has 1 saturated heterocycles. The molecule has 2 heteroatoms. The van der Waals surface area contributed by atoms with Crippen molar-refractivity contribution < 1.29 is 4.74 Å². The molecule has 2 rings (SSSR count). The molecule has 0 atom stereocenters. The minimum absolute atomic E-state index is 0.406. The van der Waals surface area contributed by atoms with Crippen molar-refractivity contribution in [2.24, 2.45) is 5.92 Å². The van der Waals surface area contributed by atoms with Gasteiger partial charge in [0.15, 0.2) is 0 Å². The van der Waals surface area contributed by atoms with E-state index in [9.17, 15) is 0 Å². The minimum atomic E-state index is 0.406. The maximum atomic E-state index is 5.44. The van der Waals surface area contributed by atoms with Crippen molar-refractivity contribution in [1.29, 1.82) is 0 Å². The third-order valence-electron chi connectivity index (χ3n) is 4.01. The Hall–Kier alpha value is -0.0800. The normalized spacial score (nSPS) is 36.4. The van der Waals surface area contributed by atoms with Gasteiger partial charge in [0.25, 0.3) is 0 Å². The van der Waals surface area contributed by atoms with Gasteiger partial charge in [-0.2, -0.15) is 0 Å². The van der Waals surface area contributed by atoms with Gasteiger partial charge in [-0.15, -0.1) is 0 Å². The van der Waals surface area contributed by atoms with Gasteiger partial charge in [0.1, 0.15) is 0 Å². The molecule has 2 nitrogen and oxygen atoms in total. The first-order valence-electron chi connectivity index (χ1n) is 6.09. The van der Waals surface area contributed by atoms with E-state index in [1.165, 1.54) is 32.1 Å². The van der Waals surface area contributed by atoms with E-state index in [-0.39, 0.29) is 0 Å². The van der Waals surface area contributed by atoms with Crippen LogP contribution in [0, 0.1) is 5.92 Å². The van der Waals surface area contributed by atoms with Gasteiger partial charge in [0.05, 0.1) is 0 Å². The Balaban J connectivity index is 1.85. The number of hydrogen-bond acceptors (Lipinski definition) is 2. The van der Waals surface area contributed by atoms with Gasteiger partial charge in [0.2, 0.25) is 0 Å². The maximum absolute atomic E-state index is 5.44. The summed E-state index contributed by atoms with van der Waals surface area (Å²) in [4.78, 5) is 0. The second kappa shape index (κ2) is 4.19. The molecule has 1 heterocycles. The summed E-state index contributed by atoms with van der Waals surface area (Å²) in [7, 11) is 0. The molecule has 0 bridgehead atoms. The number of nitrogens with one attached hydrogen (secondary N) is 1. The van der Waals surface area contributed by atoms with Gasteiger partial charge in [0, 0.05) is 24.8 Å². The standard InChI is InChI=1S/C12H23NO/c1-3-12(4-6-14-7-5-12)13-11-8-10(2)9-11/h10-11,13H,3-9H2,1-2H3. The van der Waals surface area contributed by atoms with E-state index in [4.69, 9.17) is 4.74 Å². The summed E-state index contributed by atoms with van der Waals surface area (Å²) >= 11 is 0. The van der Waals surface area contributed by atoms with Gasteiger partial charge in [-0.25, -0.2) is 0 Å². The molecule has 1 aliphatic heterocycles. The van der Waals surface area contributed by atoms with E-state index in [2.05, 4.69) is 19.2 Å². The van der Waals surface area contributed by atoms with Crippen LogP contribution < -0.4 is 5.32 Å². The fourth-order valence-electron chi connectivity index (χ4n) is 2.82. The van der Waals surface area contributed by atoms with Crippen LogP contribution >= 0.6 is 0 Å². The zero-order valence-corrected chi connectivity index (χ0v) is 9.51. The predicted octanol–water partition coefficient (Wildman–Crippen LogP) is 2.33. The molecule has 0 radical (unpaired) electrons. The van der Waals surface area contributed by atoms with Crippen LogP contribution in [0.5, 0.6) is 0 Å². The Morgan fingerprint density at radius 3 is 2.43 bits per heavy atom. The average Bonchev–Trinajstić information content (AvgIpc) is 2.17. The summed E-state index contributed by atoms with van der Waals surface area (Å²) in [6.07, 6.45) is 6.41. The molecule has 82 valence electrons. The maximum Gasteiger partial charge on any atom is 0.0483 e. The first-order chi connectivity index (χ1) is 6.74. The lowest BCUT2D eigenvalue weighted by Crippen LogP contribution is -2.56. The molecule has 14 heavy (non-hydrogen) atoms. The highest BCUT2D eigenvalue weighted by Gasteiger charge is 2.36. The number of hydrogen-bond donors (Lipinski definition) is 1. The molecule has 0 aromatic rings. The van der Waals surface area contributed by atoms with Crippen molar-refractivity contribution in [3.05, 3.63) is 0 Å². The van der Waals surface area contributed by atoms with Crippen LogP contribution in [0.15, 0.2) is 0 Å². The zero-order valence-electron chi connectivity index (χ0n) is 9.51. The largest absolute Gasteiger partial charge is 0.381 e. The molecule has 0 aromatic heterocycles. The van der Waals surface area contributed by atoms with E-state index < -0.39 is 0 Å². The Labute approximate surface area is 87.4 Å². The molecule has 0 aromatic carbocycles. The molecular formula is C12H23NO. The first kappa shape index (κ1) is 10.4. The lowest BCUT2D eigenvalue weighted by Gasteiger charge is -2.45. The van der Waals surface area contributed by atoms with E-state index in [1.54, 1.807) is 0 Å². The highest BCUT2D eigenvalue weighted by molar-refractivity contribution is 4.95. The molecule has 2 fully saturated rings. The summed E-state index contributed by atoms with van der Waals surface area (Å²) in [6.45, 7) is 6.55. The van der Waals surface area contributed by atoms with E-state index in [1.807, 2.05) is 0 Å². The van der Waals surface area contributed by atoms with Gasteiger partial charge in [-0.05, 0) is 38.0 Å². The second-order valence-corrected chi connectivity index (χ2v) is 5.16. The van der Waals surface area contributed by atoms with Crippen molar-refractivity contribution in [2.45, 2.75) is 57.5 Å². The lowest BCUT2D eigenvalue weighted by molar-refractivity contribution is 0.0218. The summed E-state index contributed by atoms with van der Waals surface area (Å²) in [5.74, 6) is 0.946. The first-order valence-corrected chi connectivity index (χ1v) is 6.09. The predicted molar refractivity (Wildman–Crippen MR) is 58.4 cm³/mol. The Morgan fingerprint density at radius 1 is 1.29 bits per heavy atom. The zero-order chi connectivity index (χ0) is 10.0. The number of ether oxygens (including phenoxy) is 1.